The molecule has 1 fully saturated rings. The summed E-state index contributed by atoms with van der Waals surface area (Å²) in [6, 6.07) is 6.55. The molecule has 1 aliphatic heterocycles. The van der Waals surface area contributed by atoms with E-state index in [-0.39, 0.29) is 11.7 Å². The van der Waals surface area contributed by atoms with Crippen LogP contribution in [0.25, 0.3) is 0 Å². The predicted molar refractivity (Wildman–Crippen MR) is 66.3 cm³/mol. The van der Waals surface area contributed by atoms with E-state index in [4.69, 9.17) is 0 Å². The maximum atomic E-state index is 13.1. The van der Waals surface area contributed by atoms with Gasteiger partial charge in [0.15, 0.2) is 0 Å². The third-order valence-electron chi connectivity index (χ3n) is 3.78. The van der Waals surface area contributed by atoms with Gasteiger partial charge in [-0.1, -0.05) is 19.1 Å². The van der Waals surface area contributed by atoms with Crippen LogP contribution in [0.2, 0.25) is 0 Å². The van der Waals surface area contributed by atoms with Gasteiger partial charge in [0.25, 0.3) is 0 Å². The number of benzene rings is 1. The summed E-state index contributed by atoms with van der Waals surface area (Å²) in [5.74, 6) is 0.0209. The molecule has 0 bridgehead atoms. The lowest BCUT2D eigenvalue weighted by Crippen LogP contribution is -2.51. The zero-order valence-corrected chi connectivity index (χ0v) is 10.2. The van der Waals surface area contributed by atoms with Crippen molar-refractivity contribution < 1.29 is 9.50 Å². The van der Waals surface area contributed by atoms with Crippen LogP contribution in [0.3, 0.4) is 0 Å². The van der Waals surface area contributed by atoms with E-state index in [1.807, 2.05) is 6.07 Å². The van der Waals surface area contributed by atoms with E-state index >= 15 is 0 Å². The SMILES string of the molecule is CCC1CNCCC1(O)Cc1cccc(F)c1. The average molecular weight is 237 g/mol. The van der Waals surface area contributed by atoms with Gasteiger partial charge in [-0.2, -0.15) is 0 Å². The van der Waals surface area contributed by atoms with Crippen molar-refractivity contribution in [3.63, 3.8) is 0 Å². The maximum absolute atomic E-state index is 13.1. The molecule has 2 rings (SSSR count). The molecule has 2 N–H and O–H groups in total. The average Bonchev–Trinajstić information content (AvgIpc) is 2.29. The lowest BCUT2D eigenvalue weighted by molar-refractivity contribution is -0.0414. The molecule has 17 heavy (non-hydrogen) atoms. The summed E-state index contributed by atoms with van der Waals surface area (Å²) >= 11 is 0. The first kappa shape index (κ1) is 12.5. The third-order valence-corrected chi connectivity index (χ3v) is 3.78. The fourth-order valence-electron chi connectivity index (χ4n) is 2.73. The zero-order chi connectivity index (χ0) is 12.3. The van der Waals surface area contributed by atoms with Crippen LogP contribution in [0.4, 0.5) is 4.39 Å². The van der Waals surface area contributed by atoms with Crippen molar-refractivity contribution in [1.82, 2.24) is 5.32 Å². The minimum Gasteiger partial charge on any atom is -0.389 e. The lowest BCUT2D eigenvalue weighted by Gasteiger charge is -2.40. The van der Waals surface area contributed by atoms with Gasteiger partial charge in [0.05, 0.1) is 5.60 Å². The van der Waals surface area contributed by atoms with Gasteiger partial charge in [-0.25, -0.2) is 4.39 Å². The molecule has 0 amide bonds. The Morgan fingerprint density at radius 1 is 1.53 bits per heavy atom. The van der Waals surface area contributed by atoms with Crippen LogP contribution in [0.1, 0.15) is 25.3 Å². The molecule has 0 spiro atoms. The molecule has 2 nitrogen and oxygen atoms in total. The van der Waals surface area contributed by atoms with Crippen molar-refractivity contribution in [3.8, 4) is 0 Å². The Hall–Kier alpha value is -0.930. The quantitative estimate of drug-likeness (QED) is 0.844. The van der Waals surface area contributed by atoms with Gasteiger partial charge in [-0.3, -0.25) is 0 Å². The molecule has 1 aliphatic rings. The second-order valence-electron chi connectivity index (χ2n) is 4.97. The number of aliphatic hydroxyl groups is 1. The largest absolute Gasteiger partial charge is 0.389 e. The van der Waals surface area contributed by atoms with Crippen LogP contribution in [0.5, 0.6) is 0 Å². The summed E-state index contributed by atoms with van der Waals surface area (Å²) in [6.07, 6.45) is 2.23. The second-order valence-corrected chi connectivity index (χ2v) is 4.97. The van der Waals surface area contributed by atoms with E-state index in [0.29, 0.717) is 6.42 Å². The first-order valence-electron chi connectivity index (χ1n) is 6.31. The van der Waals surface area contributed by atoms with Crippen molar-refractivity contribution in [1.29, 1.82) is 0 Å². The fraction of sp³-hybridized carbons (Fsp3) is 0.571. The summed E-state index contributed by atoms with van der Waals surface area (Å²) in [5.41, 5.74) is 0.196. The minimum atomic E-state index is -0.687. The third kappa shape index (κ3) is 2.85. The Kier molecular flexibility index (Phi) is 3.79. The van der Waals surface area contributed by atoms with Crippen LogP contribution in [0, 0.1) is 11.7 Å². The molecule has 1 aromatic rings. The molecule has 2 atom stereocenters. The molecule has 1 saturated heterocycles. The van der Waals surface area contributed by atoms with Crippen molar-refractivity contribution in [2.45, 2.75) is 31.8 Å². The van der Waals surface area contributed by atoms with Gasteiger partial charge in [-0.15, -0.1) is 0 Å². The smallest absolute Gasteiger partial charge is 0.123 e. The summed E-state index contributed by atoms with van der Waals surface area (Å²) in [6.45, 7) is 3.78. The van der Waals surface area contributed by atoms with Crippen LogP contribution in [-0.4, -0.2) is 23.8 Å². The molecular weight excluding hydrogens is 217 g/mol. The summed E-state index contributed by atoms with van der Waals surface area (Å²) in [7, 11) is 0. The molecule has 3 heteroatoms. The number of hydrogen-bond donors (Lipinski definition) is 2. The van der Waals surface area contributed by atoms with Crippen molar-refractivity contribution in [3.05, 3.63) is 35.6 Å². The number of piperidine rings is 1. The maximum Gasteiger partial charge on any atom is 0.123 e. The topological polar surface area (TPSA) is 32.3 Å². The first-order chi connectivity index (χ1) is 8.14. The summed E-state index contributed by atoms with van der Waals surface area (Å²) in [5, 5.41) is 14.0. The Morgan fingerprint density at radius 3 is 3.06 bits per heavy atom. The minimum absolute atomic E-state index is 0.229. The monoisotopic (exact) mass is 237 g/mol. The van der Waals surface area contributed by atoms with Crippen molar-refractivity contribution >= 4 is 0 Å². The van der Waals surface area contributed by atoms with E-state index in [2.05, 4.69) is 12.2 Å². The molecule has 94 valence electrons. The Balaban J connectivity index is 2.14. The van der Waals surface area contributed by atoms with Crippen LogP contribution >= 0.6 is 0 Å². The molecule has 2 unspecified atom stereocenters. The predicted octanol–water partition coefficient (Wildman–Crippen LogP) is 2.12. The van der Waals surface area contributed by atoms with E-state index in [1.54, 1.807) is 6.07 Å². The van der Waals surface area contributed by atoms with Gasteiger partial charge >= 0.3 is 0 Å². The lowest BCUT2D eigenvalue weighted by atomic mass is 9.76. The Morgan fingerprint density at radius 2 is 2.35 bits per heavy atom. The number of hydrogen-bond acceptors (Lipinski definition) is 2. The van der Waals surface area contributed by atoms with Gasteiger partial charge in [0.1, 0.15) is 5.82 Å². The van der Waals surface area contributed by atoms with E-state index < -0.39 is 5.60 Å². The highest BCUT2D eigenvalue weighted by molar-refractivity contribution is 5.19. The molecule has 0 saturated carbocycles. The highest BCUT2D eigenvalue weighted by Crippen LogP contribution is 2.30. The summed E-state index contributed by atoms with van der Waals surface area (Å²) in [4.78, 5) is 0. The number of halogens is 1. The van der Waals surface area contributed by atoms with Crippen molar-refractivity contribution in [2.24, 2.45) is 5.92 Å². The second kappa shape index (κ2) is 5.15. The molecule has 0 aliphatic carbocycles. The van der Waals surface area contributed by atoms with E-state index in [9.17, 15) is 9.50 Å². The van der Waals surface area contributed by atoms with E-state index in [0.717, 1.165) is 31.5 Å². The van der Waals surface area contributed by atoms with E-state index in [1.165, 1.54) is 12.1 Å². The summed E-state index contributed by atoms with van der Waals surface area (Å²) < 4.78 is 13.1. The van der Waals surface area contributed by atoms with Gasteiger partial charge in [0, 0.05) is 18.9 Å². The van der Waals surface area contributed by atoms with Gasteiger partial charge < -0.3 is 10.4 Å². The number of rotatable bonds is 3. The van der Waals surface area contributed by atoms with Crippen LogP contribution in [0.15, 0.2) is 24.3 Å². The van der Waals surface area contributed by atoms with Gasteiger partial charge in [0.2, 0.25) is 0 Å². The molecule has 0 radical (unpaired) electrons. The normalized spacial score (nSPS) is 29.2. The molecule has 0 aromatic heterocycles. The standard InChI is InChI=1S/C14H20FNO/c1-2-12-10-16-7-6-14(12,17)9-11-4-3-5-13(15)8-11/h3-5,8,12,16-17H,2,6-7,9-10H2,1H3. The molecule has 1 aromatic carbocycles. The Bertz CT molecular complexity index is 382. The number of nitrogens with one attached hydrogen (secondary N) is 1. The molecule has 1 heterocycles. The van der Waals surface area contributed by atoms with Gasteiger partial charge in [-0.05, 0) is 37.1 Å². The fourth-order valence-corrected chi connectivity index (χ4v) is 2.73. The zero-order valence-electron chi connectivity index (χ0n) is 10.2. The highest BCUT2D eigenvalue weighted by atomic mass is 19.1. The van der Waals surface area contributed by atoms with Crippen LogP contribution in [-0.2, 0) is 6.42 Å². The van der Waals surface area contributed by atoms with Crippen LogP contribution < -0.4 is 5.32 Å². The Labute approximate surface area is 102 Å². The highest BCUT2D eigenvalue weighted by Gasteiger charge is 2.37. The van der Waals surface area contributed by atoms with Crippen molar-refractivity contribution in [2.75, 3.05) is 13.1 Å². The first-order valence-corrected chi connectivity index (χ1v) is 6.31. The molecular formula is C14H20FNO.